The lowest BCUT2D eigenvalue weighted by molar-refractivity contribution is 0.888. The van der Waals surface area contributed by atoms with Crippen LogP contribution in [0.1, 0.15) is 16.8 Å². The van der Waals surface area contributed by atoms with Gasteiger partial charge in [-0.3, -0.25) is 0 Å². The van der Waals surface area contributed by atoms with Crippen molar-refractivity contribution in [1.29, 1.82) is 5.26 Å². The lowest BCUT2D eigenvalue weighted by Gasteiger charge is -1.97. The molecule has 0 aliphatic heterocycles. The number of nitrogens with two attached hydrogens (primary N) is 1. The Morgan fingerprint density at radius 2 is 2.00 bits per heavy atom. The van der Waals surface area contributed by atoms with Crippen LogP contribution in [0.15, 0.2) is 0 Å². The van der Waals surface area contributed by atoms with Crippen LogP contribution in [0, 0.1) is 25.2 Å². The van der Waals surface area contributed by atoms with Crippen molar-refractivity contribution in [3.05, 3.63) is 16.8 Å². The van der Waals surface area contributed by atoms with Gasteiger partial charge in [-0.1, -0.05) is 0 Å². The maximum absolute atomic E-state index is 8.69. The fraction of sp³-hybridized carbons (Fsp3) is 0.375. The number of rotatable bonds is 0. The average molecular weight is 149 g/mol. The van der Waals surface area contributed by atoms with E-state index in [0.29, 0.717) is 11.4 Å². The maximum atomic E-state index is 8.69. The van der Waals surface area contributed by atoms with Crippen molar-refractivity contribution in [2.75, 3.05) is 5.73 Å². The minimum Gasteiger partial charge on any atom is -0.384 e. The van der Waals surface area contributed by atoms with Gasteiger partial charge in [0.15, 0.2) is 0 Å². The molecule has 1 heterocycles. The minimum atomic E-state index is 0.558. The van der Waals surface area contributed by atoms with E-state index in [-0.39, 0.29) is 0 Å². The molecule has 0 aliphatic rings. The molecular weight excluding hydrogens is 138 g/mol. The number of nitrogen functional groups attached to an aromatic ring is 1. The summed E-state index contributed by atoms with van der Waals surface area (Å²) < 4.78 is 1.83. The Hall–Kier alpha value is -1.43. The second kappa shape index (κ2) is 2.31. The van der Waals surface area contributed by atoms with Gasteiger partial charge in [0.2, 0.25) is 0 Å². The van der Waals surface area contributed by atoms with E-state index in [9.17, 15) is 0 Å². The SMILES string of the molecule is Cc1c(C#N)c(N)n(C)c1C. The number of aromatic nitrogens is 1. The van der Waals surface area contributed by atoms with Gasteiger partial charge in [0.05, 0.1) is 5.56 Å². The molecule has 0 radical (unpaired) electrons. The van der Waals surface area contributed by atoms with Crippen LogP contribution < -0.4 is 5.73 Å². The smallest absolute Gasteiger partial charge is 0.121 e. The molecule has 1 aromatic rings. The molecule has 11 heavy (non-hydrogen) atoms. The predicted molar refractivity (Wildman–Crippen MR) is 44.0 cm³/mol. The molecule has 0 aliphatic carbocycles. The third-order valence-corrected chi connectivity index (χ3v) is 2.15. The predicted octanol–water partition coefficient (Wildman–Crippen LogP) is 1.10. The Morgan fingerprint density at radius 1 is 1.45 bits per heavy atom. The van der Waals surface area contributed by atoms with E-state index in [2.05, 4.69) is 6.07 Å². The standard InChI is InChI=1S/C8H11N3/c1-5-6(2)11(3)8(10)7(5)4-9/h10H2,1-3H3. The minimum absolute atomic E-state index is 0.558. The molecule has 0 bridgehead atoms. The number of nitrogens with zero attached hydrogens (tertiary/aromatic N) is 2. The summed E-state index contributed by atoms with van der Waals surface area (Å²) in [5, 5.41) is 8.69. The molecule has 2 N–H and O–H groups in total. The van der Waals surface area contributed by atoms with E-state index < -0.39 is 0 Å². The van der Waals surface area contributed by atoms with E-state index in [0.717, 1.165) is 11.3 Å². The molecule has 0 saturated heterocycles. The molecule has 0 atom stereocenters. The fourth-order valence-electron chi connectivity index (χ4n) is 1.11. The molecule has 0 aromatic carbocycles. The number of anilines is 1. The summed E-state index contributed by atoms with van der Waals surface area (Å²) in [6.07, 6.45) is 0. The fourth-order valence-corrected chi connectivity index (χ4v) is 1.11. The van der Waals surface area contributed by atoms with Gasteiger partial charge in [-0.05, 0) is 19.4 Å². The van der Waals surface area contributed by atoms with E-state index in [1.54, 1.807) is 0 Å². The van der Waals surface area contributed by atoms with Crippen molar-refractivity contribution < 1.29 is 0 Å². The second-order valence-electron chi connectivity index (χ2n) is 2.64. The highest BCUT2D eigenvalue weighted by atomic mass is 15.0. The van der Waals surface area contributed by atoms with Gasteiger partial charge in [0.1, 0.15) is 11.9 Å². The largest absolute Gasteiger partial charge is 0.384 e. The summed E-state index contributed by atoms with van der Waals surface area (Å²) in [6, 6.07) is 2.08. The van der Waals surface area contributed by atoms with Crippen molar-refractivity contribution in [2.24, 2.45) is 7.05 Å². The van der Waals surface area contributed by atoms with Crippen molar-refractivity contribution in [3.8, 4) is 6.07 Å². The zero-order valence-electron chi connectivity index (χ0n) is 6.97. The molecule has 0 fully saturated rings. The zero-order valence-corrected chi connectivity index (χ0v) is 6.97. The van der Waals surface area contributed by atoms with Crippen LogP contribution in [0.4, 0.5) is 5.82 Å². The highest BCUT2D eigenvalue weighted by Crippen LogP contribution is 2.21. The molecule has 3 heteroatoms. The van der Waals surface area contributed by atoms with Gasteiger partial charge >= 0.3 is 0 Å². The summed E-state index contributed by atoms with van der Waals surface area (Å²) in [7, 11) is 1.86. The van der Waals surface area contributed by atoms with E-state index in [4.69, 9.17) is 11.0 Å². The maximum Gasteiger partial charge on any atom is 0.121 e. The monoisotopic (exact) mass is 149 g/mol. The summed E-state index contributed by atoms with van der Waals surface area (Å²) in [4.78, 5) is 0. The number of hydrogen-bond acceptors (Lipinski definition) is 2. The molecule has 0 spiro atoms. The highest BCUT2D eigenvalue weighted by Gasteiger charge is 2.11. The van der Waals surface area contributed by atoms with Gasteiger partial charge < -0.3 is 10.3 Å². The Bertz CT molecular complexity index is 303. The van der Waals surface area contributed by atoms with Crippen LogP contribution in [0.25, 0.3) is 0 Å². The quantitative estimate of drug-likeness (QED) is 0.600. The molecule has 0 saturated carbocycles. The first-order valence-electron chi connectivity index (χ1n) is 3.41. The van der Waals surface area contributed by atoms with Crippen molar-refractivity contribution in [2.45, 2.75) is 13.8 Å². The molecule has 3 nitrogen and oxygen atoms in total. The van der Waals surface area contributed by atoms with Crippen LogP contribution in [0.5, 0.6) is 0 Å². The lowest BCUT2D eigenvalue weighted by Crippen LogP contribution is -1.98. The van der Waals surface area contributed by atoms with Crippen molar-refractivity contribution >= 4 is 5.82 Å². The van der Waals surface area contributed by atoms with Gasteiger partial charge in [0, 0.05) is 12.7 Å². The van der Waals surface area contributed by atoms with Crippen LogP contribution in [0.2, 0.25) is 0 Å². The second-order valence-corrected chi connectivity index (χ2v) is 2.64. The lowest BCUT2D eigenvalue weighted by atomic mass is 10.2. The molecule has 1 aromatic heterocycles. The highest BCUT2D eigenvalue weighted by molar-refractivity contribution is 5.57. The normalized spacial score (nSPS) is 9.64. The van der Waals surface area contributed by atoms with Gasteiger partial charge in [-0.15, -0.1) is 0 Å². The van der Waals surface area contributed by atoms with Crippen LogP contribution in [0.3, 0.4) is 0 Å². The van der Waals surface area contributed by atoms with Crippen LogP contribution in [-0.2, 0) is 7.05 Å². The first kappa shape index (κ1) is 7.67. The van der Waals surface area contributed by atoms with E-state index in [1.165, 1.54) is 0 Å². The first-order chi connectivity index (χ1) is 5.09. The molecule has 1 rings (SSSR count). The zero-order chi connectivity index (χ0) is 8.59. The number of nitriles is 1. The van der Waals surface area contributed by atoms with E-state index >= 15 is 0 Å². The van der Waals surface area contributed by atoms with Crippen molar-refractivity contribution in [1.82, 2.24) is 4.57 Å². The summed E-state index contributed by atoms with van der Waals surface area (Å²) >= 11 is 0. The topological polar surface area (TPSA) is 54.7 Å². The summed E-state index contributed by atoms with van der Waals surface area (Å²) in [6.45, 7) is 3.86. The van der Waals surface area contributed by atoms with Gasteiger partial charge in [-0.2, -0.15) is 5.26 Å². The Balaban J connectivity index is 3.51. The van der Waals surface area contributed by atoms with Gasteiger partial charge in [-0.25, -0.2) is 0 Å². The first-order valence-corrected chi connectivity index (χ1v) is 3.41. The molecular formula is C8H11N3. The van der Waals surface area contributed by atoms with Gasteiger partial charge in [0.25, 0.3) is 0 Å². The summed E-state index contributed by atoms with van der Waals surface area (Å²) in [5.74, 6) is 0.558. The Kier molecular flexibility index (Phi) is 1.61. The Morgan fingerprint density at radius 3 is 2.18 bits per heavy atom. The molecule has 0 amide bonds. The third-order valence-electron chi connectivity index (χ3n) is 2.15. The molecule has 0 unspecified atom stereocenters. The van der Waals surface area contributed by atoms with Crippen LogP contribution in [-0.4, -0.2) is 4.57 Å². The summed E-state index contributed by atoms with van der Waals surface area (Å²) in [5.41, 5.74) is 8.29. The Labute approximate surface area is 66.0 Å². The third kappa shape index (κ3) is 0.874. The van der Waals surface area contributed by atoms with Crippen LogP contribution >= 0.6 is 0 Å². The van der Waals surface area contributed by atoms with Crippen molar-refractivity contribution in [3.63, 3.8) is 0 Å². The number of hydrogen-bond donors (Lipinski definition) is 1. The van der Waals surface area contributed by atoms with E-state index in [1.807, 2.05) is 25.5 Å². The molecule has 58 valence electrons. The average Bonchev–Trinajstić information content (AvgIpc) is 2.17.